The van der Waals surface area contributed by atoms with E-state index in [4.69, 9.17) is 5.73 Å². The third kappa shape index (κ3) is 1.57. The Morgan fingerprint density at radius 2 is 2.00 bits per heavy atom. The molecular weight excluding hydrogens is 126 g/mol. The summed E-state index contributed by atoms with van der Waals surface area (Å²) >= 11 is 0. The van der Waals surface area contributed by atoms with Crippen LogP contribution in [0.3, 0.4) is 0 Å². The molecule has 0 saturated heterocycles. The van der Waals surface area contributed by atoms with E-state index in [1.54, 1.807) is 0 Å². The van der Waals surface area contributed by atoms with Gasteiger partial charge in [-0.2, -0.15) is 0 Å². The fraction of sp³-hybridized carbons (Fsp3) is 0.875. The Kier molecular flexibility index (Phi) is 2.09. The van der Waals surface area contributed by atoms with Crippen LogP contribution in [0.4, 0.5) is 0 Å². The maximum Gasteiger partial charge on any atom is 0.125 e. The van der Waals surface area contributed by atoms with Gasteiger partial charge in [0.15, 0.2) is 0 Å². The number of aldehydes is 1. The largest absolute Gasteiger partial charge is 0.328 e. The molecular formula is C8H15NO. The van der Waals surface area contributed by atoms with Gasteiger partial charge in [0, 0.05) is 11.5 Å². The molecule has 0 amide bonds. The highest BCUT2D eigenvalue weighted by molar-refractivity contribution is 5.58. The van der Waals surface area contributed by atoms with Crippen molar-refractivity contribution in [2.45, 2.75) is 38.6 Å². The number of rotatable bonds is 1. The van der Waals surface area contributed by atoms with Crippen LogP contribution in [0.2, 0.25) is 0 Å². The Morgan fingerprint density at radius 3 is 2.40 bits per heavy atom. The van der Waals surface area contributed by atoms with Crippen molar-refractivity contribution in [3.8, 4) is 0 Å². The summed E-state index contributed by atoms with van der Waals surface area (Å²) < 4.78 is 0. The molecule has 2 nitrogen and oxygen atoms in total. The van der Waals surface area contributed by atoms with Crippen molar-refractivity contribution < 1.29 is 4.79 Å². The third-order valence-corrected chi connectivity index (χ3v) is 2.46. The zero-order valence-corrected chi connectivity index (χ0v) is 6.47. The molecule has 2 N–H and O–H groups in total. The number of hydrogen-bond donors (Lipinski definition) is 1. The first kappa shape index (κ1) is 7.73. The molecule has 1 aliphatic carbocycles. The van der Waals surface area contributed by atoms with Gasteiger partial charge >= 0.3 is 0 Å². The summed E-state index contributed by atoms with van der Waals surface area (Å²) in [5.41, 5.74) is 5.63. The van der Waals surface area contributed by atoms with Crippen molar-refractivity contribution in [3.63, 3.8) is 0 Å². The smallest absolute Gasteiger partial charge is 0.125 e. The van der Waals surface area contributed by atoms with Crippen LogP contribution in [0.15, 0.2) is 0 Å². The van der Waals surface area contributed by atoms with Crippen molar-refractivity contribution >= 4 is 6.29 Å². The van der Waals surface area contributed by atoms with Crippen molar-refractivity contribution in [1.82, 2.24) is 0 Å². The molecule has 0 aromatic carbocycles. The lowest BCUT2D eigenvalue weighted by Gasteiger charge is -2.30. The number of carbonyl (C=O) groups is 1. The highest BCUT2D eigenvalue weighted by atomic mass is 16.1. The zero-order valence-electron chi connectivity index (χ0n) is 6.47. The van der Waals surface area contributed by atoms with Gasteiger partial charge in [0.1, 0.15) is 6.29 Å². The van der Waals surface area contributed by atoms with Crippen LogP contribution in [0.25, 0.3) is 0 Å². The fourth-order valence-electron chi connectivity index (χ4n) is 1.42. The summed E-state index contributed by atoms with van der Waals surface area (Å²) in [7, 11) is 0. The lowest BCUT2D eigenvalue weighted by atomic mass is 9.75. The van der Waals surface area contributed by atoms with Gasteiger partial charge < -0.3 is 10.5 Å². The number of carbonyl (C=O) groups excluding carboxylic acids is 1. The monoisotopic (exact) mass is 141 g/mol. The summed E-state index contributed by atoms with van der Waals surface area (Å²) in [6, 6.07) is 0.341. The molecule has 1 aliphatic rings. The molecule has 0 unspecified atom stereocenters. The summed E-state index contributed by atoms with van der Waals surface area (Å²) in [6.45, 7) is 2.02. The molecule has 0 radical (unpaired) electrons. The molecule has 58 valence electrons. The molecule has 2 heteroatoms. The van der Waals surface area contributed by atoms with E-state index in [1.807, 2.05) is 6.92 Å². The van der Waals surface area contributed by atoms with E-state index in [-0.39, 0.29) is 5.41 Å². The average molecular weight is 141 g/mol. The predicted molar refractivity (Wildman–Crippen MR) is 40.6 cm³/mol. The average Bonchev–Trinajstić information content (AvgIpc) is 1.96. The fourth-order valence-corrected chi connectivity index (χ4v) is 1.42. The minimum absolute atomic E-state index is 0.0597. The molecule has 10 heavy (non-hydrogen) atoms. The first-order chi connectivity index (χ1) is 4.66. The van der Waals surface area contributed by atoms with Gasteiger partial charge in [-0.3, -0.25) is 0 Å². The van der Waals surface area contributed by atoms with Crippen LogP contribution in [0, 0.1) is 5.41 Å². The first-order valence-corrected chi connectivity index (χ1v) is 3.88. The third-order valence-electron chi connectivity index (χ3n) is 2.46. The maximum atomic E-state index is 10.5. The van der Waals surface area contributed by atoms with Crippen molar-refractivity contribution in [3.05, 3.63) is 0 Å². The van der Waals surface area contributed by atoms with Crippen LogP contribution in [-0.2, 0) is 4.79 Å². The first-order valence-electron chi connectivity index (χ1n) is 3.88. The van der Waals surface area contributed by atoms with Gasteiger partial charge in [-0.1, -0.05) is 6.92 Å². The highest BCUT2D eigenvalue weighted by Gasteiger charge is 2.28. The SMILES string of the molecule is CC1(C=O)CCC(N)CC1. The van der Waals surface area contributed by atoms with Crippen LogP contribution < -0.4 is 5.73 Å². The summed E-state index contributed by atoms with van der Waals surface area (Å²) in [6.07, 6.45) is 5.04. The second kappa shape index (κ2) is 2.70. The minimum Gasteiger partial charge on any atom is -0.328 e. The standard InChI is InChI=1S/C8H15NO/c1-8(6-10)4-2-7(9)3-5-8/h6-7H,2-5,9H2,1H3. The van der Waals surface area contributed by atoms with Crippen LogP contribution in [0.5, 0.6) is 0 Å². The normalized spacial score (nSPS) is 41.2. The lowest BCUT2D eigenvalue weighted by molar-refractivity contribution is -0.116. The predicted octanol–water partition coefficient (Wildman–Crippen LogP) is 1.09. The summed E-state index contributed by atoms with van der Waals surface area (Å²) in [4.78, 5) is 10.5. The molecule has 1 rings (SSSR count). The Balaban J connectivity index is 2.46. The Morgan fingerprint density at radius 1 is 1.50 bits per heavy atom. The molecule has 1 saturated carbocycles. The van der Waals surface area contributed by atoms with Crippen molar-refractivity contribution in [1.29, 1.82) is 0 Å². The van der Waals surface area contributed by atoms with Crippen molar-refractivity contribution in [2.75, 3.05) is 0 Å². The van der Waals surface area contributed by atoms with Crippen molar-refractivity contribution in [2.24, 2.45) is 11.1 Å². The molecule has 0 aromatic heterocycles. The van der Waals surface area contributed by atoms with Crippen LogP contribution in [0.1, 0.15) is 32.6 Å². The number of hydrogen-bond acceptors (Lipinski definition) is 2. The van der Waals surface area contributed by atoms with Gasteiger partial charge in [0.2, 0.25) is 0 Å². The quantitative estimate of drug-likeness (QED) is 0.555. The number of nitrogens with two attached hydrogens (primary N) is 1. The highest BCUT2D eigenvalue weighted by Crippen LogP contribution is 2.32. The summed E-state index contributed by atoms with van der Waals surface area (Å²) in [5.74, 6) is 0. The minimum atomic E-state index is -0.0597. The van der Waals surface area contributed by atoms with E-state index >= 15 is 0 Å². The second-order valence-electron chi connectivity index (χ2n) is 3.61. The van der Waals surface area contributed by atoms with E-state index in [2.05, 4.69) is 0 Å². The van der Waals surface area contributed by atoms with Gasteiger partial charge in [0.25, 0.3) is 0 Å². The molecule has 0 aliphatic heterocycles. The lowest BCUT2D eigenvalue weighted by Crippen LogP contribution is -2.32. The van der Waals surface area contributed by atoms with E-state index in [0.29, 0.717) is 6.04 Å². The molecule has 0 bridgehead atoms. The molecule has 0 atom stereocenters. The van der Waals surface area contributed by atoms with Gasteiger partial charge in [-0.15, -0.1) is 0 Å². The van der Waals surface area contributed by atoms with E-state index < -0.39 is 0 Å². The second-order valence-corrected chi connectivity index (χ2v) is 3.61. The Hall–Kier alpha value is -0.370. The molecule has 0 aromatic rings. The molecule has 1 fully saturated rings. The molecule has 0 spiro atoms. The Labute approximate surface area is 61.8 Å². The van der Waals surface area contributed by atoms with Gasteiger partial charge in [-0.05, 0) is 25.7 Å². The Bertz CT molecular complexity index is 125. The van der Waals surface area contributed by atoms with E-state index in [0.717, 1.165) is 32.0 Å². The summed E-state index contributed by atoms with van der Waals surface area (Å²) in [5, 5.41) is 0. The van der Waals surface area contributed by atoms with E-state index in [1.165, 1.54) is 0 Å². The zero-order chi connectivity index (χ0) is 7.61. The topological polar surface area (TPSA) is 43.1 Å². The van der Waals surface area contributed by atoms with Gasteiger partial charge in [-0.25, -0.2) is 0 Å². The maximum absolute atomic E-state index is 10.5. The van der Waals surface area contributed by atoms with Gasteiger partial charge in [0.05, 0.1) is 0 Å². The van der Waals surface area contributed by atoms with E-state index in [9.17, 15) is 4.79 Å². The van der Waals surface area contributed by atoms with Crippen LogP contribution >= 0.6 is 0 Å². The molecule has 0 heterocycles. The van der Waals surface area contributed by atoms with Crippen LogP contribution in [-0.4, -0.2) is 12.3 Å².